The third-order valence-corrected chi connectivity index (χ3v) is 5.79. The molecule has 0 radical (unpaired) electrons. The Morgan fingerprint density at radius 3 is 2.43 bits per heavy atom. The summed E-state index contributed by atoms with van der Waals surface area (Å²) in [6.45, 7) is 8.52. The molecule has 4 aromatic rings. The van der Waals surface area contributed by atoms with E-state index in [-0.39, 0.29) is 12.2 Å². The second-order valence-corrected chi connectivity index (χ2v) is 8.35. The first-order valence-corrected chi connectivity index (χ1v) is 11.6. The zero-order chi connectivity index (χ0) is 25.1. The number of imidazole rings is 1. The van der Waals surface area contributed by atoms with E-state index in [1.54, 1.807) is 6.92 Å². The highest BCUT2D eigenvalue weighted by Crippen LogP contribution is 2.28. The fraction of sp³-hybridized carbons (Fsp3) is 0.250. The third-order valence-electron chi connectivity index (χ3n) is 5.79. The van der Waals surface area contributed by atoms with Gasteiger partial charge in [-0.25, -0.2) is 23.5 Å². The second kappa shape index (κ2) is 10.2. The SMILES string of the molecule is CCOC(=O)/C=C(\c1ccc(Cn2c(CC)nc3c(C)cc(C)nc32)cc1)c1ccc(F)cc1F. The first-order chi connectivity index (χ1) is 16.8. The maximum Gasteiger partial charge on any atom is 0.331 e. The van der Waals surface area contributed by atoms with Gasteiger partial charge in [-0.1, -0.05) is 31.2 Å². The number of halogens is 2. The van der Waals surface area contributed by atoms with Gasteiger partial charge < -0.3 is 9.30 Å². The maximum absolute atomic E-state index is 14.6. The number of hydrogen-bond acceptors (Lipinski definition) is 4. The number of hydrogen-bond donors (Lipinski definition) is 0. The normalized spacial score (nSPS) is 11.8. The van der Waals surface area contributed by atoms with Crippen molar-refractivity contribution in [3.63, 3.8) is 0 Å². The fourth-order valence-electron chi connectivity index (χ4n) is 4.18. The van der Waals surface area contributed by atoms with Crippen LogP contribution in [0.2, 0.25) is 0 Å². The standard InChI is InChI=1S/C28H27F2N3O2/c1-5-25-32-27-17(3)13-18(4)31-28(27)33(25)16-19-7-9-20(10-8-19)23(15-26(34)35-6-2)22-12-11-21(29)14-24(22)30/h7-15H,5-6,16H2,1-4H3/b23-15+. The molecule has 0 fully saturated rings. The van der Waals surface area contributed by atoms with E-state index >= 15 is 0 Å². The predicted octanol–water partition coefficient (Wildman–Crippen LogP) is 5.93. The summed E-state index contributed by atoms with van der Waals surface area (Å²) in [5.41, 5.74) is 5.83. The summed E-state index contributed by atoms with van der Waals surface area (Å²) in [6.07, 6.45) is 2.01. The van der Waals surface area contributed by atoms with Crippen LogP contribution in [-0.2, 0) is 22.5 Å². The highest BCUT2D eigenvalue weighted by molar-refractivity contribution is 5.96. The predicted molar refractivity (Wildman–Crippen MR) is 132 cm³/mol. The van der Waals surface area contributed by atoms with Gasteiger partial charge in [0.25, 0.3) is 0 Å². The van der Waals surface area contributed by atoms with E-state index < -0.39 is 17.6 Å². The molecule has 0 N–H and O–H groups in total. The van der Waals surface area contributed by atoms with Crippen LogP contribution in [0.15, 0.2) is 54.6 Å². The molecule has 180 valence electrons. The van der Waals surface area contributed by atoms with Crippen molar-refractivity contribution in [1.29, 1.82) is 0 Å². The number of ether oxygens (including phenoxy) is 1. The largest absolute Gasteiger partial charge is 0.463 e. The van der Waals surface area contributed by atoms with Gasteiger partial charge in [-0.2, -0.15) is 0 Å². The molecule has 0 saturated heterocycles. The van der Waals surface area contributed by atoms with Crippen LogP contribution in [0, 0.1) is 25.5 Å². The van der Waals surface area contributed by atoms with E-state index in [0.717, 1.165) is 46.3 Å². The second-order valence-electron chi connectivity index (χ2n) is 8.35. The number of aryl methyl sites for hydroxylation is 3. The minimum Gasteiger partial charge on any atom is -0.463 e. The molecular formula is C28H27F2N3O2. The molecule has 0 spiro atoms. The van der Waals surface area contributed by atoms with Crippen molar-refractivity contribution in [2.75, 3.05) is 6.61 Å². The van der Waals surface area contributed by atoms with E-state index in [1.807, 2.05) is 44.2 Å². The van der Waals surface area contributed by atoms with Gasteiger partial charge in [0.15, 0.2) is 5.65 Å². The van der Waals surface area contributed by atoms with E-state index in [2.05, 4.69) is 11.5 Å². The summed E-state index contributed by atoms with van der Waals surface area (Å²) in [4.78, 5) is 21.7. The van der Waals surface area contributed by atoms with Crippen LogP contribution in [0.1, 0.15) is 47.6 Å². The Morgan fingerprint density at radius 1 is 1.03 bits per heavy atom. The number of nitrogens with zero attached hydrogens (tertiary/aromatic N) is 3. The Morgan fingerprint density at radius 2 is 1.77 bits per heavy atom. The Labute approximate surface area is 203 Å². The van der Waals surface area contributed by atoms with Crippen LogP contribution in [-0.4, -0.2) is 27.1 Å². The van der Waals surface area contributed by atoms with Gasteiger partial charge in [0.05, 0.1) is 13.2 Å². The van der Waals surface area contributed by atoms with Crippen molar-refractivity contribution in [3.8, 4) is 0 Å². The summed E-state index contributed by atoms with van der Waals surface area (Å²) in [5, 5.41) is 0. The Bertz CT molecular complexity index is 1420. The number of rotatable bonds is 7. The number of benzene rings is 2. The fourth-order valence-corrected chi connectivity index (χ4v) is 4.18. The summed E-state index contributed by atoms with van der Waals surface area (Å²) < 4.78 is 35.2. The van der Waals surface area contributed by atoms with Gasteiger partial charge in [0.1, 0.15) is 23.0 Å². The lowest BCUT2D eigenvalue weighted by Crippen LogP contribution is -2.06. The van der Waals surface area contributed by atoms with Crippen molar-refractivity contribution in [2.24, 2.45) is 0 Å². The summed E-state index contributed by atoms with van der Waals surface area (Å²) in [7, 11) is 0. The Balaban J connectivity index is 1.72. The highest BCUT2D eigenvalue weighted by Gasteiger charge is 2.16. The summed E-state index contributed by atoms with van der Waals surface area (Å²) in [6, 6.07) is 12.8. The molecule has 7 heteroatoms. The molecule has 2 aromatic heterocycles. The van der Waals surface area contributed by atoms with Crippen molar-refractivity contribution in [2.45, 2.75) is 40.7 Å². The molecule has 0 aliphatic rings. The maximum atomic E-state index is 14.6. The Hall–Kier alpha value is -3.87. The molecule has 0 unspecified atom stereocenters. The number of carbonyl (C=O) groups excluding carboxylic acids is 1. The summed E-state index contributed by atoms with van der Waals surface area (Å²) in [5.74, 6) is -1.08. The van der Waals surface area contributed by atoms with Gasteiger partial charge in [0, 0.05) is 29.8 Å². The van der Waals surface area contributed by atoms with Gasteiger partial charge in [0.2, 0.25) is 0 Å². The van der Waals surface area contributed by atoms with Crippen LogP contribution in [0.25, 0.3) is 16.7 Å². The summed E-state index contributed by atoms with van der Waals surface area (Å²) >= 11 is 0. The molecule has 5 nitrogen and oxygen atoms in total. The first-order valence-electron chi connectivity index (χ1n) is 11.6. The van der Waals surface area contributed by atoms with Crippen LogP contribution < -0.4 is 0 Å². The lowest BCUT2D eigenvalue weighted by atomic mass is 9.96. The minimum atomic E-state index is -0.751. The lowest BCUT2D eigenvalue weighted by molar-refractivity contribution is -0.137. The van der Waals surface area contributed by atoms with Crippen molar-refractivity contribution in [3.05, 3.63) is 100 Å². The quantitative estimate of drug-likeness (QED) is 0.246. The highest BCUT2D eigenvalue weighted by atomic mass is 19.1. The molecule has 2 aromatic carbocycles. The average Bonchev–Trinajstić information content (AvgIpc) is 3.16. The molecule has 0 bridgehead atoms. The molecule has 0 amide bonds. The topological polar surface area (TPSA) is 57.0 Å². The first kappa shape index (κ1) is 24.3. The van der Waals surface area contributed by atoms with E-state index in [1.165, 1.54) is 18.2 Å². The molecule has 0 saturated carbocycles. The van der Waals surface area contributed by atoms with Crippen LogP contribution in [0.5, 0.6) is 0 Å². The number of esters is 1. The van der Waals surface area contributed by atoms with Crippen molar-refractivity contribution >= 4 is 22.7 Å². The van der Waals surface area contributed by atoms with Crippen LogP contribution >= 0.6 is 0 Å². The molecule has 0 aliphatic carbocycles. The molecule has 4 rings (SSSR count). The van der Waals surface area contributed by atoms with Gasteiger partial charge >= 0.3 is 5.97 Å². The molecular weight excluding hydrogens is 448 g/mol. The molecule has 2 heterocycles. The minimum absolute atomic E-state index is 0.122. The zero-order valence-electron chi connectivity index (χ0n) is 20.2. The number of fused-ring (bicyclic) bond motifs is 1. The number of pyridine rings is 1. The molecule has 35 heavy (non-hydrogen) atoms. The molecule has 0 aliphatic heterocycles. The van der Waals surface area contributed by atoms with E-state index in [9.17, 15) is 13.6 Å². The van der Waals surface area contributed by atoms with Crippen molar-refractivity contribution < 1.29 is 18.3 Å². The average molecular weight is 476 g/mol. The van der Waals surface area contributed by atoms with E-state index in [4.69, 9.17) is 14.7 Å². The lowest BCUT2D eigenvalue weighted by Gasteiger charge is -2.12. The van der Waals surface area contributed by atoms with Gasteiger partial charge in [-0.05, 0) is 61.2 Å². The van der Waals surface area contributed by atoms with Crippen LogP contribution in [0.3, 0.4) is 0 Å². The van der Waals surface area contributed by atoms with Crippen LogP contribution in [0.4, 0.5) is 8.78 Å². The van der Waals surface area contributed by atoms with Crippen molar-refractivity contribution in [1.82, 2.24) is 14.5 Å². The van der Waals surface area contributed by atoms with Gasteiger partial charge in [-0.15, -0.1) is 0 Å². The smallest absolute Gasteiger partial charge is 0.331 e. The zero-order valence-corrected chi connectivity index (χ0v) is 20.2. The Kier molecular flexibility index (Phi) is 7.05. The number of carbonyl (C=O) groups is 1. The van der Waals surface area contributed by atoms with E-state index in [0.29, 0.717) is 17.7 Å². The van der Waals surface area contributed by atoms with Gasteiger partial charge in [-0.3, -0.25) is 0 Å². The third kappa shape index (κ3) is 5.14. The monoisotopic (exact) mass is 475 g/mol. The number of aromatic nitrogens is 3. The molecule has 0 atom stereocenters.